The molecule has 1 saturated heterocycles. The van der Waals surface area contributed by atoms with Crippen LogP contribution >= 0.6 is 11.3 Å². The Balaban J connectivity index is 1.49. The van der Waals surface area contributed by atoms with Gasteiger partial charge in [-0.3, -0.25) is 19.2 Å². The molecule has 2 heterocycles. The standard InChI is InChI=1S/C35H51FN6O5S/c1-22-29(48-21-39-22)24-12-10-23(11-13-24)26(19-28(44)38-17-9-7-5-6-8-16-37)40-31(45)27-18-25(43)20-42(27)32(46)30(34(2,3)4)41-33(47)35(36)14-15-35/h10-13,21,25-27,30,43H,5-9,14-20,37H2,1-4H3,(H,38,44)(H,40,45)(H,41,47)/t25-,26+,27+,30-/m1/s1. The predicted molar refractivity (Wildman–Crippen MR) is 184 cm³/mol. The van der Waals surface area contributed by atoms with Crippen molar-refractivity contribution in [3.05, 3.63) is 41.0 Å². The Morgan fingerprint density at radius 2 is 1.75 bits per heavy atom. The molecular formula is C35H51FN6O5S. The van der Waals surface area contributed by atoms with E-state index in [1.165, 1.54) is 16.2 Å². The van der Waals surface area contributed by atoms with E-state index in [1.54, 1.807) is 26.3 Å². The Bertz CT molecular complexity index is 1420. The van der Waals surface area contributed by atoms with Crippen molar-refractivity contribution in [2.24, 2.45) is 11.1 Å². The first-order chi connectivity index (χ1) is 22.7. The number of aliphatic hydroxyl groups is 1. The number of hydrogen-bond acceptors (Lipinski definition) is 8. The van der Waals surface area contributed by atoms with Crippen LogP contribution in [0.5, 0.6) is 0 Å². The number of carbonyl (C=O) groups is 4. The first-order valence-corrected chi connectivity index (χ1v) is 17.9. The minimum absolute atomic E-state index is 0.0118. The van der Waals surface area contributed by atoms with Crippen LogP contribution in [0, 0.1) is 12.3 Å². The van der Waals surface area contributed by atoms with E-state index in [0.717, 1.165) is 48.2 Å². The molecule has 1 saturated carbocycles. The van der Waals surface area contributed by atoms with Crippen LogP contribution in [0.4, 0.5) is 4.39 Å². The summed E-state index contributed by atoms with van der Waals surface area (Å²) in [6.45, 7) is 8.27. The fourth-order valence-electron chi connectivity index (χ4n) is 5.97. The molecule has 0 spiro atoms. The third kappa shape index (κ3) is 9.82. The van der Waals surface area contributed by atoms with Gasteiger partial charge < -0.3 is 31.7 Å². The van der Waals surface area contributed by atoms with Crippen LogP contribution in [0.2, 0.25) is 0 Å². The van der Waals surface area contributed by atoms with Crippen LogP contribution in [-0.4, -0.2) is 82.1 Å². The fourth-order valence-corrected chi connectivity index (χ4v) is 6.78. The second-order valence-electron chi connectivity index (χ2n) is 14.2. The summed E-state index contributed by atoms with van der Waals surface area (Å²) >= 11 is 1.53. The van der Waals surface area contributed by atoms with Gasteiger partial charge in [0.2, 0.25) is 17.7 Å². The molecule has 48 heavy (non-hydrogen) atoms. The number of hydrogen-bond donors (Lipinski definition) is 5. The highest BCUT2D eigenvalue weighted by atomic mass is 32.1. The molecule has 2 aromatic rings. The van der Waals surface area contributed by atoms with Crippen LogP contribution in [0.3, 0.4) is 0 Å². The summed E-state index contributed by atoms with van der Waals surface area (Å²) in [5.74, 6) is -2.15. The predicted octanol–water partition coefficient (Wildman–Crippen LogP) is 3.69. The van der Waals surface area contributed by atoms with Crippen molar-refractivity contribution in [2.75, 3.05) is 19.6 Å². The molecule has 1 aliphatic carbocycles. The summed E-state index contributed by atoms with van der Waals surface area (Å²) < 4.78 is 14.6. The number of halogens is 1. The van der Waals surface area contributed by atoms with Gasteiger partial charge in [-0.15, -0.1) is 11.3 Å². The number of nitrogens with zero attached hydrogens (tertiary/aromatic N) is 2. The first kappa shape index (κ1) is 37.4. The van der Waals surface area contributed by atoms with Gasteiger partial charge in [-0.1, -0.05) is 64.3 Å². The number of nitrogens with two attached hydrogens (primary N) is 1. The Morgan fingerprint density at radius 1 is 1.08 bits per heavy atom. The second kappa shape index (κ2) is 16.3. The molecule has 0 unspecified atom stereocenters. The summed E-state index contributed by atoms with van der Waals surface area (Å²) in [6, 6.07) is 4.72. The van der Waals surface area contributed by atoms with Crippen molar-refractivity contribution >= 4 is 35.0 Å². The zero-order valence-electron chi connectivity index (χ0n) is 28.5. The molecule has 264 valence electrons. The normalized spacial score (nSPS) is 19.8. The highest BCUT2D eigenvalue weighted by molar-refractivity contribution is 7.13. The number of aryl methyl sites for hydroxylation is 1. The number of amides is 4. The lowest BCUT2D eigenvalue weighted by atomic mass is 9.85. The molecule has 2 aliphatic rings. The second-order valence-corrected chi connectivity index (χ2v) is 15.0. The monoisotopic (exact) mass is 686 g/mol. The Morgan fingerprint density at radius 3 is 2.35 bits per heavy atom. The van der Waals surface area contributed by atoms with E-state index < -0.39 is 53.0 Å². The molecule has 6 N–H and O–H groups in total. The van der Waals surface area contributed by atoms with Gasteiger partial charge in [-0.05, 0) is 55.7 Å². The van der Waals surface area contributed by atoms with E-state index in [9.17, 15) is 28.7 Å². The molecule has 1 aliphatic heterocycles. The minimum atomic E-state index is -1.97. The molecule has 1 aromatic heterocycles. The van der Waals surface area contributed by atoms with Gasteiger partial charge in [0.1, 0.15) is 12.1 Å². The van der Waals surface area contributed by atoms with Gasteiger partial charge in [0.05, 0.1) is 34.6 Å². The Kier molecular flexibility index (Phi) is 12.7. The molecular weight excluding hydrogens is 635 g/mol. The van der Waals surface area contributed by atoms with E-state index in [1.807, 2.05) is 31.2 Å². The van der Waals surface area contributed by atoms with E-state index in [4.69, 9.17) is 5.73 Å². The summed E-state index contributed by atoms with van der Waals surface area (Å²) in [7, 11) is 0. The molecule has 0 bridgehead atoms. The van der Waals surface area contributed by atoms with Crippen molar-refractivity contribution in [2.45, 2.75) is 115 Å². The van der Waals surface area contributed by atoms with Crippen molar-refractivity contribution < 1.29 is 28.7 Å². The quantitative estimate of drug-likeness (QED) is 0.168. The molecule has 2 fully saturated rings. The molecule has 11 nitrogen and oxygen atoms in total. The van der Waals surface area contributed by atoms with Gasteiger partial charge in [0.25, 0.3) is 5.91 Å². The Hall–Kier alpha value is -3.42. The third-order valence-electron chi connectivity index (χ3n) is 9.08. The number of alkyl halides is 1. The number of β-amino-alcohol motifs (C(OH)–C–C–N with tert-alkyl or cyclic N) is 1. The largest absolute Gasteiger partial charge is 0.391 e. The molecule has 4 atom stereocenters. The highest BCUT2D eigenvalue weighted by Crippen LogP contribution is 2.40. The van der Waals surface area contributed by atoms with E-state index >= 15 is 0 Å². The van der Waals surface area contributed by atoms with Gasteiger partial charge in [-0.2, -0.15) is 0 Å². The number of aromatic nitrogens is 1. The van der Waals surface area contributed by atoms with Crippen LogP contribution in [0.15, 0.2) is 29.8 Å². The third-order valence-corrected chi connectivity index (χ3v) is 10.1. The number of thiazole rings is 1. The van der Waals surface area contributed by atoms with Crippen LogP contribution in [0.25, 0.3) is 10.4 Å². The van der Waals surface area contributed by atoms with E-state index in [2.05, 4.69) is 20.9 Å². The molecule has 4 amide bonds. The zero-order chi connectivity index (χ0) is 35.1. The number of unbranched alkanes of at least 4 members (excludes halogenated alkanes) is 4. The lowest BCUT2D eigenvalue weighted by molar-refractivity contribution is -0.145. The summed E-state index contributed by atoms with van der Waals surface area (Å²) in [5, 5.41) is 19.1. The zero-order valence-corrected chi connectivity index (χ0v) is 29.3. The van der Waals surface area contributed by atoms with Gasteiger partial charge >= 0.3 is 0 Å². The number of carbonyl (C=O) groups excluding carboxylic acids is 4. The lowest BCUT2D eigenvalue weighted by Crippen LogP contribution is -2.59. The lowest BCUT2D eigenvalue weighted by Gasteiger charge is -2.36. The number of nitrogens with one attached hydrogen (secondary N) is 3. The SMILES string of the molecule is Cc1ncsc1-c1ccc([C@H](CC(=O)NCCCCCCCN)NC(=O)[C@@H]2C[C@@H](O)CN2C(=O)[C@@H](NC(=O)C2(F)CC2)C(C)(C)C)cc1. The molecule has 13 heteroatoms. The van der Waals surface area contributed by atoms with Crippen LogP contribution in [-0.2, 0) is 19.2 Å². The van der Waals surface area contributed by atoms with Crippen LogP contribution < -0.4 is 21.7 Å². The van der Waals surface area contributed by atoms with E-state index in [-0.39, 0.29) is 38.1 Å². The van der Waals surface area contributed by atoms with Gasteiger partial charge in [0, 0.05) is 19.5 Å². The molecule has 1 aromatic carbocycles. The van der Waals surface area contributed by atoms with Gasteiger partial charge in [-0.25, -0.2) is 9.37 Å². The number of benzene rings is 1. The number of likely N-dealkylation sites (tertiary alicyclic amines) is 1. The topological polar surface area (TPSA) is 167 Å². The number of rotatable bonds is 16. The summed E-state index contributed by atoms with van der Waals surface area (Å²) in [6.07, 6.45) is 4.11. The van der Waals surface area contributed by atoms with Crippen LogP contribution in [0.1, 0.15) is 95.9 Å². The average Bonchev–Trinajstić information content (AvgIpc) is 3.44. The number of aliphatic hydroxyl groups excluding tert-OH is 1. The molecule has 0 radical (unpaired) electrons. The summed E-state index contributed by atoms with van der Waals surface area (Å²) in [4.78, 5) is 60.2. The minimum Gasteiger partial charge on any atom is -0.391 e. The van der Waals surface area contributed by atoms with Crippen molar-refractivity contribution in [1.82, 2.24) is 25.8 Å². The first-order valence-electron chi connectivity index (χ1n) is 17.0. The molecule has 4 rings (SSSR count). The van der Waals surface area contributed by atoms with Crippen molar-refractivity contribution in [3.8, 4) is 10.4 Å². The van der Waals surface area contributed by atoms with Crippen molar-refractivity contribution in [1.29, 1.82) is 0 Å². The maximum Gasteiger partial charge on any atom is 0.258 e. The fraction of sp³-hybridized carbons (Fsp3) is 0.629. The average molecular weight is 687 g/mol. The van der Waals surface area contributed by atoms with Gasteiger partial charge in [0.15, 0.2) is 5.67 Å². The maximum atomic E-state index is 14.6. The summed E-state index contributed by atoms with van der Waals surface area (Å²) in [5.41, 5.74) is 7.16. The Labute approximate surface area is 286 Å². The smallest absolute Gasteiger partial charge is 0.258 e. The highest BCUT2D eigenvalue weighted by Gasteiger charge is 2.53. The maximum absolute atomic E-state index is 14.6. The van der Waals surface area contributed by atoms with E-state index in [0.29, 0.717) is 18.7 Å². The van der Waals surface area contributed by atoms with Crippen molar-refractivity contribution in [3.63, 3.8) is 0 Å².